The van der Waals surface area contributed by atoms with E-state index in [2.05, 4.69) is 67.1 Å². The Labute approximate surface area is 221 Å². The first-order valence-corrected chi connectivity index (χ1v) is 14.7. The van der Waals surface area contributed by atoms with Gasteiger partial charge in [-0.05, 0) is 61.1 Å². The van der Waals surface area contributed by atoms with Crippen molar-refractivity contribution in [2.24, 2.45) is 0 Å². The van der Waals surface area contributed by atoms with Gasteiger partial charge in [0.15, 0.2) is 6.29 Å². The highest BCUT2D eigenvalue weighted by Crippen LogP contribution is 2.23. The average Bonchev–Trinajstić information content (AvgIpc) is 3.75. The lowest BCUT2D eigenvalue weighted by Crippen LogP contribution is -1.90. The zero-order chi connectivity index (χ0) is 25.7. The number of aryl methyl sites for hydroxylation is 2. The number of hydrogen-bond acceptors (Lipinski definition) is 3. The third-order valence-corrected chi connectivity index (χ3v) is 6.73. The van der Waals surface area contributed by atoms with Gasteiger partial charge in [-0.25, -0.2) is 0 Å². The Morgan fingerprint density at radius 1 is 0.639 bits per heavy atom. The molecule has 2 aromatic rings. The van der Waals surface area contributed by atoms with Gasteiger partial charge >= 0.3 is 0 Å². The number of aldehydes is 1. The van der Waals surface area contributed by atoms with Crippen molar-refractivity contribution in [2.75, 3.05) is 6.61 Å². The monoisotopic (exact) mass is 494 g/mol. The molecular weight excluding hydrogens is 444 g/mol. The average molecular weight is 495 g/mol. The minimum absolute atomic E-state index is 0.0463. The number of benzene rings is 2. The molecule has 2 aromatic carbocycles. The molecule has 0 saturated carbocycles. The lowest BCUT2D eigenvalue weighted by Gasteiger charge is -2.08. The number of unbranched alkanes of at least 4 members (excludes halogenated alkanes) is 12. The van der Waals surface area contributed by atoms with Crippen molar-refractivity contribution in [3.8, 4) is 11.5 Å². The summed E-state index contributed by atoms with van der Waals surface area (Å²) in [5.74, 6) is 1.87. The first-order chi connectivity index (χ1) is 17.7. The number of carbonyl (C=O) groups is 1. The number of epoxide rings is 1. The van der Waals surface area contributed by atoms with Crippen molar-refractivity contribution < 1.29 is 14.3 Å². The van der Waals surface area contributed by atoms with Crippen LogP contribution >= 0.6 is 0 Å². The molecule has 36 heavy (non-hydrogen) atoms. The summed E-state index contributed by atoms with van der Waals surface area (Å²) in [6, 6.07) is 17.4. The molecule has 0 spiro atoms. The fourth-order valence-corrected chi connectivity index (χ4v) is 4.29. The predicted molar refractivity (Wildman–Crippen MR) is 152 cm³/mol. The van der Waals surface area contributed by atoms with E-state index in [0.29, 0.717) is 6.61 Å². The van der Waals surface area contributed by atoms with E-state index in [1.54, 1.807) is 0 Å². The van der Waals surface area contributed by atoms with Crippen LogP contribution in [0.15, 0.2) is 48.5 Å². The van der Waals surface area contributed by atoms with Gasteiger partial charge in [-0.3, -0.25) is 0 Å². The summed E-state index contributed by atoms with van der Waals surface area (Å²) in [5, 5.41) is 0. The predicted octanol–water partition coefficient (Wildman–Crippen LogP) is 9.65. The molecule has 1 atom stereocenters. The van der Waals surface area contributed by atoms with Gasteiger partial charge in [0.1, 0.15) is 17.6 Å². The Hall–Kier alpha value is -2.13. The number of ether oxygens (including phenoxy) is 2. The Morgan fingerprint density at radius 3 is 1.31 bits per heavy atom. The van der Waals surface area contributed by atoms with Crippen LogP contribution < -0.4 is 4.74 Å². The molecule has 0 aromatic heterocycles. The van der Waals surface area contributed by atoms with Gasteiger partial charge in [-0.15, -0.1) is 0 Å². The van der Waals surface area contributed by atoms with Crippen LogP contribution in [0, 0.1) is 0 Å². The minimum Gasteiger partial charge on any atom is -0.457 e. The van der Waals surface area contributed by atoms with Crippen LogP contribution in [-0.4, -0.2) is 19.0 Å². The van der Waals surface area contributed by atoms with Gasteiger partial charge in [0.05, 0.1) is 6.61 Å². The maximum Gasteiger partial charge on any atom is 0.151 e. The van der Waals surface area contributed by atoms with Gasteiger partial charge < -0.3 is 14.3 Å². The molecule has 3 rings (SSSR count). The van der Waals surface area contributed by atoms with Crippen LogP contribution in [0.3, 0.4) is 0 Å². The molecule has 1 fully saturated rings. The highest BCUT2D eigenvalue weighted by Gasteiger charge is 2.19. The van der Waals surface area contributed by atoms with Crippen LogP contribution in [0.5, 0.6) is 11.5 Å². The van der Waals surface area contributed by atoms with Crippen molar-refractivity contribution in [2.45, 2.75) is 123 Å². The minimum atomic E-state index is -0.0463. The standard InChI is InChI=1S/C30H46O.C3H4O2/c1-3-5-7-9-11-13-15-17-27-19-23-29(24-20-27)31-30-25-21-28(22-26-30)18-16-14-12-10-8-6-4-2;4-1-3-2-5-3/h19-26H,3-18H2,1-2H3;1,3H,2H2. The molecule has 1 aliphatic rings. The smallest absolute Gasteiger partial charge is 0.151 e. The Balaban J connectivity index is 0.000000809. The van der Waals surface area contributed by atoms with E-state index in [4.69, 9.17) is 4.74 Å². The second-order valence-corrected chi connectivity index (χ2v) is 10.1. The number of hydrogen-bond donors (Lipinski definition) is 0. The summed E-state index contributed by atoms with van der Waals surface area (Å²) >= 11 is 0. The first-order valence-electron chi connectivity index (χ1n) is 14.7. The summed E-state index contributed by atoms with van der Waals surface area (Å²) in [6.45, 7) is 5.20. The molecule has 0 amide bonds. The molecular formula is C33H50O3. The topological polar surface area (TPSA) is 38.8 Å². The van der Waals surface area contributed by atoms with Crippen LogP contribution in [0.25, 0.3) is 0 Å². The normalized spacial score (nSPS) is 14.1. The van der Waals surface area contributed by atoms with Gasteiger partial charge in [0.2, 0.25) is 0 Å². The lowest BCUT2D eigenvalue weighted by atomic mass is 10.0. The second-order valence-electron chi connectivity index (χ2n) is 10.1. The van der Waals surface area contributed by atoms with E-state index in [1.165, 1.54) is 114 Å². The van der Waals surface area contributed by atoms with Crippen LogP contribution in [0.4, 0.5) is 0 Å². The van der Waals surface area contributed by atoms with Crippen molar-refractivity contribution >= 4 is 6.29 Å². The van der Waals surface area contributed by atoms with Crippen LogP contribution in [-0.2, 0) is 22.4 Å². The molecule has 3 heteroatoms. The van der Waals surface area contributed by atoms with E-state index >= 15 is 0 Å². The molecule has 3 nitrogen and oxygen atoms in total. The highest BCUT2D eigenvalue weighted by atomic mass is 16.6. The zero-order valence-corrected chi connectivity index (χ0v) is 23.0. The maximum atomic E-state index is 9.44. The molecule has 0 N–H and O–H groups in total. The first kappa shape index (κ1) is 30.1. The molecule has 1 unspecified atom stereocenters. The van der Waals surface area contributed by atoms with Crippen molar-refractivity contribution in [3.63, 3.8) is 0 Å². The third-order valence-electron chi connectivity index (χ3n) is 6.73. The Kier molecular flexibility index (Phi) is 16.7. The largest absolute Gasteiger partial charge is 0.457 e. The molecule has 1 heterocycles. The summed E-state index contributed by atoms with van der Waals surface area (Å²) in [6.07, 6.45) is 22.3. The summed E-state index contributed by atoms with van der Waals surface area (Å²) in [4.78, 5) is 9.44. The van der Waals surface area contributed by atoms with Gasteiger partial charge in [-0.1, -0.05) is 115 Å². The van der Waals surface area contributed by atoms with E-state index in [1.807, 2.05) is 0 Å². The number of rotatable bonds is 19. The molecule has 200 valence electrons. The fraction of sp³-hybridized carbons (Fsp3) is 0.606. The molecule has 0 bridgehead atoms. The van der Waals surface area contributed by atoms with Crippen LogP contribution in [0.2, 0.25) is 0 Å². The zero-order valence-electron chi connectivity index (χ0n) is 23.0. The van der Waals surface area contributed by atoms with Crippen molar-refractivity contribution in [3.05, 3.63) is 59.7 Å². The molecule has 0 aliphatic carbocycles. The van der Waals surface area contributed by atoms with E-state index in [0.717, 1.165) is 17.8 Å². The maximum absolute atomic E-state index is 9.44. The van der Waals surface area contributed by atoms with Crippen molar-refractivity contribution in [1.29, 1.82) is 0 Å². The molecule has 1 aliphatic heterocycles. The summed E-state index contributed by atoms with van der Waals surface area (Å²) < 4.78 is 10.5. The molecule has 0 radical (unpaired) electrons. The number of carbonyl (C=O) groups excluding carboxylic acids is 1. The SMILES string of the molecule is CCCCCCCCCc1ccc(Oc2ccc(CCCCCCCCC)cc2)cc1.O=CC1CO1. The quantitative estimate of drug-likeness (QED) is 0.111. The van der Waals surface area contributed by atoms with Gasteiger partial charge in [0.25, 0.3) is 0 Å². The lowest BCUT2D eigenvalue weighted by molar-refractivity contribution is -0.108. The summed E-state index contributed by atoms with van der Waals surface area (Å²) in [5.41, 5.74) is 2.84. The van der Waals surface area contributed by atoms with Gasteiger partial charge in [0, 0.05) is 0 Å². The van der Waals surface area contributed by atoms with Gasteiger partial charge in [-0.2, -0.15) is 0 Å². The van der Waals surface area contributed by atoms with E-state index in [9.17, 15) is 4.79 Å². The Morgan fingerprint density at radius 2 is 1.00 bits per heavy atom. The second kappa shape index (κ2) is 20.0. The fourth-order valence-electron chi connectivity index (χ4n) is 4.29. The summed E-state index contributed by atoms with van der Waals surface area (Å²) in [7, 11) is 0. The van der Waals surface area contributed by atoms with E-state index < -0.39 is 0 Å². The third kappa shape index (κ3) is 15.1. The highest BCUT2D eigenvalue weighted by molar-refractivity contribution is 5.58. The molecule has 1 saturated heterocycles. The van der Waals surface area contributed by atoms with E-state index in [-0.39, 0.29) is 6.10 Å². The Bertz CT molecular complexity index is 718. The van der Waals surface area contributed by atoms with Crippen molar-refractivity contribution in [1.82, 2.24) is 0 Å². The van der Waals surface area contributed by atoms with Crippen LogP contribution in [0.1, 0.15) is 115 Å².